The molecule has 2 fully saturated rings. The highest BCUT2D eigenvalue weighted by Gasteiger charge is 2.33. The smallest absolute Gasteiger partial charge is 0.416 e. The number of phenols is 4. The van der Waals surface area contributed by atoms with E-state index in [1.165, 1.54) is 55.3 Å². The highest BCUT2D eigenvalue weighted by atomic mass is 35.5. The number of anilines is 7. The molecule has 2 aliphatic rings. The summed E-state index contributed by atoms with van der Waals surface area (Å²) in [4.78, 5) is 37.6. The van der Waals surface area contributed by atoms with Crippen molar-refractivity contribution in [1.29, 1.82) is 0 Å². The molecule has 0 unspecified atom stereocenters. The molecule has 1 saturated carbocycles. The molecule has 35 heteroatoms. The number of hydrazine groups is 1. The summed E-state index contributed by atoms with van der Waals surface area (Å²) in [6, 6.07) is 58.0. The minimum absolute atomic E-state index is 0.00732. The number of urea groups is 2. The Balaban J connectivity index is 0.000000156. The van der Waals surface area contributed by atoms with E-state index in [1.54, 1.807) is 58.1 Å². The van der Waals surface area contributed by atoms with Crippen molar-refractivity contribution in [3.63, 3.8) is 0 Å². The van der Waals surface area contributed by atoms with Gasteiger partial charge in [-0.1, -0.05) is 184 Å². The number of nitrogens with one attached hydrogen (secondary N) is 9. The van der Waals surface area contributed by atoms with Gasteiger partial charge in [-0.05, 0) is 181 Å². The maximum atomic E-state index is 13.1. The first kappa shape index (κ1) is 88.2. The number of morpholine rings is 1. The van der Waals surface area contributed by atoms with Crippen LogP contribution in [0.3, 0.4) is 0 Å². The molecule has 13 N–H and O–H groups in total. The number of halogens is 12. The van der Waals surface area contributed by atoms with Crippen LogP contribution >= 0.6 is 128 Å². The number of hydrogen-bond acceptors (Lipinski definition) is 17. The van der Waals surface area contributed by atoms with Crippen molar-refractivity contribution in [3.8, 4) is 33.6 Å². The van der Waals surface area contributed by atoms with Gasteiger partial charge in [0.1, 0.15) is 15.3 Å². The lowest BCUT2D eigenvalue weighted by Gasteiger charge is -2.27. The second-order valence-electron chi connectivity index (χ2n) is 25.7. The minimum atomic E-state index is -4.52. The fourth-order valence-electron chi connectivity index (χ4n) is 11.6. The first-order valence-corrected chi connectivity index (χ1v) is 41.0. The van der Waals surface area contributed by atoms with Crippen LogP contribution in [0.2, 0.25) is 35.4 Å². The summed E-state index contributed by atoms with van der Waals surface area (Å²) >= 11 is 52.6. The van der Waals surface area contributed by atoms with Gasteiger partial charge < -0.3 is 67.7 Å². The number of rotatable bonds is 20. The summed E-state index contributed by atoms with van der Waals surface area (Å²) in [6.45, 7) is 2.92. The summed E-state index contributed by atoms with van der Waals surface area (Å²) in [5.74, 6) is -3.88. The Bertz CT molecular complexity index is 5440. The average molecular weight is 1810 g/mol. The topological polar surface area (TPSA) is 262 Å². The van der Waals surface area contributed by atoms with Crippen LogP contribution in [0.1, 0.15) is 47.9 Å². The molecule has 608 valence electrons. The predicted octanol–water partition coefficient (Wildman–Crippen LogP) is 24.5. The van der Waals surface area contributed by atoms with E-state index in [9.17, 15) is 52.0 Å². The molecule has 3 heterocycles. The summed E-state index contributed by atoms with van der Waals surface area (Å²) in [6.07, 6.45) is 0.184. The highest BCUT2D eigenvalue weighted by Crippen LogP contribution is 2.43. The fraction of sp³-hybridized carbons (Fsp3) is 0.159. The average Bonchev–Trinajstić information content (AvgIpc) is 1.70. The zero-order valence-electron chi connectivity index (χ0n) is 61.0. The zero-order chi connectivity index (χ0) is 83.3. The van der Waals surface area contributed by atoms with E-state index >= 15 is 0 Å². The summed E-state index contributed by atoms with van der Waals surface area (Å²) in [5, 5.41) is 69.3. The van der Waals surface area contributed by atoms with E-state index in [0.29, 0.717) is 94.7 Å². The molecule has 19 nitrogen and oxygen atoms in total. The van der Waals surface area contributed by atoms with Gasteiger partial charge in [0.2, 0.25) is 5.82 Å². The van der Waals surface area contributed by atoms with Crippen molar-refractivity contribution < 1.29 is 56.7 Å². The number of pyridine rings is 1. The molecular formula is C82H70Cl7F5N12O7S4. The van der Waals surface area contributed by atoms with Gasteiger partial charge in [-0.15, -0.1) is 11.3 Å². The number of thiazole rings is 1. The highest BCUT2D eigenvalue weighted by molar-refractivity contribution is 7.99. The second kappa shape index (κ2) is 42.2. The van der Waals surface area contributed by atoms with Gasteiger partial charge in [-0.2, -0.15) is 17.6 Å². The molecular weight excluding hydrogens is 1740 g/mol. The summed E-state index contributed by atoms with van der Waals surface area (Å²) in [7, 11) is 0. The Morgan fingerprint density at radius 1 is 0.521 bits per heavy atom. The van der Waals surface area contributed by atoms with E-state index in [4.69, 9.17) is 98.2 Å². The van der Waals surface area contributed by atoms with E-state index < -0.39 is 35.2 Å². The van der Waals surface area contributed by atoms with Crippen LogP contribution < -0.4 is 48.0 Å². The van der Waals surface area contributed by atoms with Gasteiger partial charge in [0.15, 0.2) is 33.9 Å². The number of alkyl halides is 3. The van der Waals surface area contributed by atoms with Crippen LogP contribution in [0.4, 0.5) is 71.4 Å². The summed E-state index contributed by atoms with van der Waals surface area (Å²) < 4.78 is 70.7. The molecule has 0 radical (unpaired) electrons. The number of aromatic nitrogens is 2. The Morgan fingerprint density at radius 3 is 1.56 bits per heavy atom. The van der Waals surface area contributed by atoms with Crippen molar-refractivity contribution >= 4 is 195 Å². The summed E-state index contributed by atoms with van der Waals surface area (Å²) in [5.41, 5.74) is 7.99. The van der Waals surface area contributed by atoms with Crippen molar-refractivity contribution in [2.24, 2.45) is 0 Å². The molecule has 10 aromatic carbocycles. The Labute approximate surface area is 721 Å². The lowest BCUT2D eigenvalue weighted by molar-refractivity contribution is -0.138. The standard InChI is InChI=1S/C25H18Cl4N4O2S.C24H24Cl2N4O3S.C19H18ClN3OS2.C14H10F5NO/c26-15-5-7-18(8-6-15)36-21-4-2-1-3-14(21)13-30-20-10-16(9-19(27)24(20)34)31-25(35)32-17-11-22(28)33-23(29)12-17;25-17-5-7-19(8-6-17)34-22-4-2-1-3-16(22)15-27-21-14-18(13-20(26)23(21)31)28-24(32)29-30-9-11-33-12-10-30;20-13-9-11(18-22-14-7-3-4-8-16(14)26-18)10-15(17(13)24)23-19(25)21-12-5-1-2-6-12;15-10-5-6-11(13(21)12(10)16)20-7-8-3-1-2-4-9(8)14(17,18)19/h1-12,30,34H,13H2,(H2,31,32,33,35);1-8,13-14,27,31H,9-12,15H2,(H2,28,29,32);3-4,7-10,12,24H,1-2,5-6H2,(H2,21,23,25);1-6,20-21H,7H2. The molecule has 1 saturated heterocycles. The lowest BCUT2D eigenvalue weighted by atomic mass is 10.1. The third-order valence-corrected chi connectivity index (χ3v) is 22.6. The number of hydrogen-bond donors (Lipinski definition) is 13. The van der Waals surface area contributed by atoms with E-state index in [-0.39, 0.29) is 66.4 Å². The Morgan fingerprint density at radius 2 is 1.00 bits per heavy atom. The van der Waals surface area contributed by atoms with Crippen LogP contribution in [-0.2, 0) is 30.5 Å². The van der Waals surface area contributed by atoms with Crippen LogP contribution in [0, 0.1) is 11.6 Å². The number of fused-ring (bicyclic) bond motifs is 1. The molecule has 0 atom stereocenters. The molecule has 1 aliphatic carbocycles. The molecule has 2 aromatic heterocycles. The van der Waals surface area contributed by atoms with Crippen molar-refractivity contribution in [3.05, 3.63) is 276 Å². The predicted molar refractivity (Wildman–Crippen MR) is 467 cm³/mol. The van der Waals surface area contributed by atoms with Crippen molar-refractivity contribution in [1.82, 2.24) is 25.7 Å². The third kappa shape index (κ3) is 25.9. The van der Waals surface area contributed by atoms with Gasteiger partial charge in [-0.25, -0.2) is 29.0 Å². The van der Waals surface area contributed by atoms with Gasteiger partial charge in [0, 0.05) is 91.0 Å². The molecule has 0 spiro atoms. The van der Waals surface area contributed by atoms with Crippen LogP contribution in [0.15, 0.2) is 226 Å². The maximum Gasteiger partial charge on any atom is 0.416 e. The van der Waals surface area contributed by atoms with Crippen LogP contribution in [-0.4, -0.2) is 84.9 Å². The number of phenolic OH excluding ortho intramolecular Hbond substituents is 4. The first-order chi connectivity index (χ1) is 56.1. The van der Waals surface area contributed by atoms with Gasteiger partial charge in [0.25, 0.3) is 0 Å². The molecule has 0 bridgehead atoms. The number of aromatic hydroxyl groups is 4. The quantitative estimate of drug-likeness (QED) is 0.0111. The van der Waals surface area contributed by atoms with Crippen molar-refractivity contribution in [2.75, 3.05) is 63.5 Å². The van der Waals surface area contributed by atoms with E-state index in [2.05, 4.69) is 57.9 Å². The molecule has 4 amide bonds. The number of carbonyl (C=O) groups excluding carboxylic acids is 2. The largest absolute Gasteiger partial charge is 0.504 e. The number of amides is 4. The number of carbonyl (C=O) groups is 2. The minimum Gasteiger partial charge on any atom is -0.504 e. The van der Waals surface area contributed by atoms with Crippen LogP contribution in [0.5, 0.6) is 23.0 Å². The number of ether oxygens (including phenoxy) is 1. The monoisotopic (exact) mass is 1800 g/mol. The van der Waals surface area contributed by atoms with Gasteiger partial charge in [-0.3, -0.25) is 5.43 Å². The zero-order valence-corrected chi connectivity index (χ0v) is 69.6. The van der Waals surface area contributed by atoms with E-state index in [1.807, 2.05) is 127 Å². The van der Waals surface area contributed by atoms with Gasteiger partial charge >= 0.3 is 18.2 Å². The second-order valence-corrected chi connectivity index (χ2v) is 32.2. The van der Waals surface area contributed by atoms with Crippen LogP contribution in [0.25, 0.3) is 20.8 Å². The lowest BCUT2D eigenvalue weighted by Crippen LogP contribution is -2.49. The SMILES string of the molecule is O=C(Nc1cc(Cl)c(O)c(NCc2ccccc2Sc2ccc(Cl)cc2)c1)NN1CCOCC1.O=C(Nc1cc(Cl)nc(Cl)c1)Nc1cc(Cl)c(O)c(NCc2ccccc2Sc2ccc(Cl)cc2)c1.Oc1c(Cl)cc(-c2nc3ccccc3s2)cc1NC(=S)NC1CCCC1.Oc1c(NCc2ccccc2C(F)(F)F)ccc(F)c1F. The Hall–Kier alpha value is -9.63. The Kier molecular flexibility index (Phi) is 31.8. The number of para-hydroxylation sites is 1. The normalized spacial score (nSPS) is 12.6. The fourth-order valence-corrected chi connectivity index (χ4v) is 16.1. The first-order valence-electron chi connectivity index (χ1n) is 35.5. The molecule has 117 heavy (non-hydrogen) atoms. The van der Waals surface area contributed by atoms with Gasteiger partial charge in [0.05, 0.1) is 66.8 Å². The number of benzene rings is 10. The number of thiocarbonyl (C=S) groups is 1. The molecule has 1 aliphatic heterocycles. The molecule has 12 aromatic rings. The van der Waals surface area contributed by atoms with E-state index in [0.717, 1.165) is 82.5 Å². The maximum absolute atomic E-state index is 13.1. The third-order valence-electron chi connectivity index (χ3n) is 17.3. The number of nitrogens with zero attached hydrogens (tertiary/aromatic N) is 3. The molecule has 14 rings (SSSR count). The van der Waals surface area contributed by atoms with Crippen molar-refractivity contribution in [2.45, 2.75) is 77.1 Å².